The number of nitrogens with one attached hydrogen (secondary N) is 1. The predicted molar refractivity (Wildman–Crippen MR) is 125 cm³/mol. The summed E-state index contributed by atoms with van der Waals surface area (Å²) in [6.07, 6.45) is 0.713. The molecule has 3 aromatic rings. The van der Waals surface area contributed by atoms with Crippen molar-refractivity contribution in [2.24, 2.45) is 0 Å². The number of rotatable bonds is 10. The third-order valence-electron chi connectivity index (χ3n) is 4.93. The highest BCUT2D eigenvalue weighted by Crippen LogP contribution is 2.32. The first-order chi connectivity index (χ1) is 15.5. The third-order valence-corrected chi connectivity index (χ3v) is 4.93. The number of nitrogens with zero attached hydrogens (tertiary/aromatic N) is 3. The molecule has 0 radical (unpaired) electrons. The van der Waals surface area contributed by atoms with Crippen LogP contribution in [-0.4, -0.2) is 47.0 Å². The van der Waals surface area contributed by atoms with Crippen molar-refractivity contribution in [1.29, 1.82) is 0 Å². The molecule has 1 heterocycles. The van der Waals surface area contributed by atoms with E-state index in [9.17, 15) is 4.79 Å². The number of hydrogen-bond donors (Lipinski definition) is 1. The van der Waals surface area contributed by atoms with E-state index in [0.29, 0.717) is 37.7 Å². The molecule has 2 aromatic carbocycles. The Morgan fingerprint density at radius 3 is 2.34 bits per heavy atom. The van der Waals surface area contributed by atoms with Gasteiger partial charge in [0.1, 0.15) is 5.75 Å². The molecule has 0 atom stereocenters. The van der Waals surface area contributed by atoms with Crippen LogP contribution in [0.4, 0.5) is 4.79 Å². The Bertz CT molecular complexity index is 987. The van der Waals surface area contributed by atoms with Gasteiger partial charge in [-0.3, -0.25) is 0 Å². The van der Waals surface area contributed by atoms with Crippen molar-refractivity contribution in [3.05, 3.63) is 71.9 Å². The van der Waals surface area contributed by atoms with E-state index in [4.69, 9.17) is 14.6 Å². The molecule has 2 amide bonds. The van der Waals surface area contributed by atoms with Gasteiger partial charge in [0.25, 0.3) is 0 Å². The first-order valence-corrected chi connectivity index (χ1v) is 11.0. The lowest BCUT2D eigenvalue weighted by atomic mass is 10.2. The van der Waals surface area contributed by atoms with E-state index in [0.717, 1.165) is 16.9 Å². The molecule has 0 bridgehead atoms. The van der Waals surface area contributed by atoms with Crippen molar-refractivity contribution in [2.75, 3.05) is 20.3 Å². The minimum Gasteiger partial charge on any atom is -0.439 e. The number of para-hydroxylation sites is 2. The van der Waals surface area contributed by atoms with E-state index < -0.39 is 0 Å². The van der Waals surface area contributed by atoms with Gasteiger partial charge >= 0.3 is 6.03 Å². The second-order valence-electron chi connectivity index (χ2n) is 7.76. The Hall–Kier alpha value is -3.32. The van der Waals surface area contributed by atoms with Gasteiger partial charge in [-0.25, -0.2) is 9.48 Å². The summed E-state index contributed by atoms with van der Waals surface area (Å²) in [5, 5.41) is 7.83. The minimum atomic E-state index is -0.141. The number of hydrogen-bond acceptors (Lipinski definition) is 4. The number of benzene rings is 2. The van der Waals surface area contributed by atoms with Crippen LogP contribution in [0.3, 0.4) is 0 Å². The Kier molecular flexibility index (Phi) is 8.27. The average Bonchev–Trinajstić information content (AvgIpc) is 3.14. The topological polar surface area (TPSA) is 68.6 Å². The maximum absolute atomic E-state index is 12.9. The Balaban J connectivity index is 2.05. The van der Waals surface area contributed by atoms with Gasteiger partial charge in [-0.15, -0.1) is 0 Å². The molecular weight excluding hydrogens is 404 g/mol. The minimum absolute atomic E-state index is 0.0327. The summed E-state index contributed by atoms with van der Waals surface area (Å²) in [5.41, 5.74) is 2.67. The van der Waals surface area contributed by atoms with Crippen LogP contribution >= 0.6 is 0 Å². The fourth-order valence-electron chi connectivity index (χ4n) is 3.35. The van der Waals surface area contributed by atoms with Crippen molar-refractivity contribution in [3.8, 4) is 17.3 Å². The Morgan fingerprint density at radius 1 is 1.09 bits per heavy atom. The molecule has 0 aliphatic carbocycles. The number of aromatic nitrogens is 2. The summed E-state index contributed by atoms with van der Waals surface area (Å²) >= 11 is 0. The molecule has 0 spiro atoms. The van der Waals surface area contributed by atoms with E-state index in [1.165, 1.54) is 0 Å². The molecule has 3 rings (SSSR count). The van der Waals surface area contributed by atoms with Crippen molar-refractivity contribution in [1.82, 2.24) is 20.0 Å². The van der Waals surface area contributed by atoms with E-state index >= 15 is 0 Å². The first kappa shape index (κ1) is 23.3. The second kappa shape index (κ2) is 11.3. The summed E-state index contributed by atoms with van der Waals surface area (Å²) in [6, 6.07) is 19.4. The van der Waals surface area contributed by atoms with Crippen molar-refractivity contribution >= 4 is 6.03 Å². The van der Waals surface area contributed by atoms with E-state index in [1.54, 1.807) is 12.0 Å². The second-order valence-corrected chi connectivity index (χ2v) is 7.76. The van der Waals surface area contributed by atoms with Crippen LogP contribution < -0.4 is 10.1 Å². The molecule has 170 valence electrons. The number of carbonyl (C=O) groups excluding carboxylic acids is 1. The van der Waals surface area contributed by atoms with E-state index in [-0.39, 0.29) is 12.1 Å². The summed E-state index contributed by atoms with van der Waals surface area (Å²) < 4.78 is 13.4. The average molecular weight is 437 g/mol. The molecule has 0 aliphatic heterocycles. The van der Waals surface area contributed by atoms with Gasteiger partial charge in [0, 0.05) is 19.7 Å². The normalized spacial score (nSPS) is 10.9. The van der Waals surface area contributed by atoms with Crippen LogP contribution in [0.5, 0.6) is 11.6 Å². The summed E-state index contributed by atoms with van der Waals surface area (Å²) in [7, 11) is 1.63. The first-order valence-electron chi connectivity index (χ1n) is 11.0. The van der Waals surface area contributed by atoms with Crippen molar-refractivity contribution in [2.45, 2.75) is 39.8 Å². The van der Waals surface area contributed by atoms with Gasteiger partial charge in [-0.1, -0.05) is 43.3 Å². The molecular formula is C25H32N4O3. The van der Waals surface area contributed by atoms with Crippen molar-refractivity contribution in [3.63, 3.8) is 0 Å². The van der Waals surface area contributed by atoms with Gasteiger partial charge in [0.05, 0.1) is 30.1 Å². The maximum atomic E-state index is 12.9. The number of amides is 2. The van der Waals surface area contributed by atoms with Gasteiger partial charge in [0.15, 0.2) is 0 Å². The molecule has 0 fully saturated rings. The maximum Gasteiger partial charge on any atom is 0.317 e. The predicted octanol–water partition coefficient (Wildman–Crippen LogP) is 4.79. The number of aryl methyl sites for hydroxylation is 1. The van der Waals surface area contributed by atoms with Gasteiger partial charge in [-0.05, 0) is 44.5 Å². The molecule has 0 saturated heterocycles. The fourth-order valence-corrected chi connectivity index (χ4v) is 3.35. The summed E-state index contributed by atoms with van der Waals surface area (Å²) in [4.78, 5) is 14.6. The summed E-state index contributed by atoms with van der Waals surface area (Å²) in [6.45, 7) is 7.21. The zero-order chi connectivity index (χ0) is 22.9. The quantitative estimate of drug-likeness (QED) is 0.496. The lowest BCUT2D eigenvalue weighted by Gasteiger charge is -2.24. The van der Waals surface area contributed by atoms with Crippen LogP contribution in [0.25, 0.3) is 5.69 Å². The van der Waals surface area contributed by atoms with E-state index in [1.807, 2.05) is 79.2 Å². The van der Waals surface area contributed by atoms with E-state index in [2.05, 4.69) is 12.2 Å². The lowest BCUT2D eigenvalue weighted by molar-refractivity contribution is 0.145. The fraction of sp³-hybridized carbons (Fsp3) is 0.360. The smallest absolute Gasteiger partial charge is 0.317 e. The zero-order valence-electron chi connectivity index (χ0n) is 19.2. The van der Waals surface area contributed by atoms with Gasteiger partial charge in [-0.2, -0.15) is 5.10 Å². The zero-order valence-corrected chi connectivity index (χ0v) is 19.2. The van der Waals surface area contributed by atoms with Crippen LogP contribution in [0.1, 0.15) is 32.0 Å². The molecule has 1 aromatic heterocycles. The number of ether oxygens (including phenoxy) is 2. The van der Waals surface area contributed by atoms with Crippen LogP contribution in [0.2, 0.25) is 0 Å². The largest absolute Gasteiger partial charge is 0.439 e. The molecule has 0 unspecified atom stereocenters. The monoisotopic (exact) mass is 436 g/mol. The highest BCUT2D eigenvalue weighted by Gasteiger charge is 2.25. The summed E-state index contributed by atoms with van der Waals surface area (Å²) in [5.74, 6) is 1.32. The number of methoxy groups -OCH3 is 1. The molecule has 0 aliphatic rings. The Labute approximate surface area is 190 Å². The SMILES string of the molecule is CCc1nn(-c2ccccc2)c(Oc2ccccc2)c1CN(CCOC)C(=O)NC(C)C. The van der Waals surface area contributed by atoms with Crippen molar-refractivity contribution < 1.29 is 14.3 Å². The van der Waals surface area contributed by atoms with Crippen LogP contribution in [-0.2, 0) is 17.7 Å². The highest BCUT2D eigenvalue weighted by atomic mass is 16.5. The van der Waals surface area contributed by atoms with Crippen LogP contribution in [0.15, 0.2) is 60.7 Å². The highest BCUT2D eigenvalue weighted by molar-refractivity contribution is 5.74. The molecule has 1 N–H and O–H groups in total. The standard InChI is InChI=1S/C25H32N4O3/c1-5-23-22(18-28(16-17-31-4)25(30)26-19(2)3)24(32-21-14-10-7-11-15-21)29(27-23)20-12-8-6-9-13-20/h6-15,19H,5,16-18H2,1-4H3,(H,26,30). The van der Waals surface area contributed by atoms with Crippen LogP contribution in [0, 0.1) is 0 Å². The molecule has 0 saturated carbocycles. The van der Waals surface area contributed by atoms with Gasteiger partial charge in [0.2, 0.25) is 5.88 Å². The number of urea groups is 1. The van der Waals surface area contributed by atoms with Gasteiger partial charge < -0.3 is 19.7 Å². The third kappa shape index (κ3) is 5.88. The molecule has 32 heavy (non-hydrogen) atoms. The Morgan fingerprint density at radius 2 is 1.75 bits per heavy atom. The molecule has 7 heteroatoms. The number of carbonyl (C=O) groups is 1. The molecule has 7 nitrogen and oxygen atoms in total. The lowest BCUT2D eigenvalue weighted by Crippen LogP contribution is -2.44.